The molecule has 182 valence electrons. The molecule has 1 heterocycles. The smallest absolute Gasteiger partial charge is 0.255 e. The number of halogens is 2. The molecule has 0 radical (unpaired) electrons. The van der Waals surface area contributed by atoms with Gasteiger partial charge in [-0.3, -0.25) is 4.79 Å². The fourth-order valence-corrected chi connectivity index (χ4v) is 4.68. The van der Waals surface area contributed by atoms with Gasteiger partial charge < -0.3 is 15.0 Å². The summed E-state index contributed by atoms with van der Waals surface area (Å²) in [6.07, 6.45) is 0. The lowest BCUT2D eigenvalue weighted by Crippen LogP contribution is -2.21. The van der Waals surface area contributed by atoms with Gasteiger partial charge in [-0.05, 0) is 81.3 Å². The summed E-state index contributed by atoms with van der Waals surface area (Å²) < 4.78 is 5.16. The van der Waals surface area contributed by atoms with Gasteiger partial charge >= 0.3 is 0 Å². The molecule has 0 aliphatic rings. The first-order valence-electron chi connectivity index (χ1n) is 11.3. The van der Waals surface area contributed by atoms with Crippen LogP contribution in [0.4, 0.5) is 11.4 Å². The number of nitrogens with zero attached hydrogens (tertiary/aromatic N) is 4. The fourth-order valence-electron chi connectivity index (χ4n) is 4.04. The Labute approximate surface area is 214 Å². The van der Waals surface area contributed by atoms with E-state index in [-0.39, 0.29) is 16.0 Å². The zero-order valence-electron chi connectivity index (χ0n) is 20.3. The van der Waals surface area contributed by atoms with Crippen LogP contribution in [-0.4, -0.2) is 41.1 Å². The number of benzene rings is 3. The lowest BCUT2D eigenvalue weighted by Gasteiger charge is -2.22. The molecule has 9 heteroatoms. The lowest BCUT2D eigenvalue weighted by molar-refractivity contribution is 0.102. The van der Waals surface area contributed by atoms with E-state index >= 15 is 0 Å². The Bertz CT molecular complexity index is 1390. The standard InChI is InChI=1S/C26H27Cl2N5O2/c1-6-32(7-2)18-8-9-24(16(4)10-18)33-30-22-11-15(3)21(14-23(22)31-33)29-26(34)17-12-19(27)25(35-5)20(28)13-17/h8-14H,6-7H2,1-5H3,(H,29,34). The van der Waals surface area contributed by atoms with Crippen molar-refractivity contribution in [1.29, 1.82) is 0 Å². The Hall–Kier alpha value is -3.29. The molecule has 0 aliphatic carbocycles. The summed E-state index contributed by atoms with van der Waals surface area (Å²) >= 11 is 12.4. The molecule has 3 aromatic carbocycles. The van der Waals surface area contributed by atoms with Crippen molar-refractivity contribution < 1.29 is 9.53 Å². The molecule has 0 fully saturated rings. The SMILES string of the molecule is CCN(CC)c1ccc(-n2nc3cc(C)c(NC(=O)c4cc(Cl)c(OC)c(Cl)c4)cc3n2)c(C)c1. The third kappa shape index (κ3) is 4.92. The van der Waals surface area contributed by atoms with Gasteiger partial charge in [0.25, 0.3) is 5.91 Å². The maximum Gasteiger partial charge on any atom is 0.255 e. The van der Waals surface area contributed by atoms with Crippen LogP contribution >= 0.6 is 23.2 Å². The topological polar surface area (TPSA) is 72.3 Å². The summed E-state index contributed by atoms with van der Waals surface area (Å²) in [6, 6.07) is 13.0. The highest BCUT2D eigenvalue weighted by atomic mass is 35.5. The predicted molar refractivity (Wildman–Crippen MR) is 143 cm³/mol. The number of aryl methyl sites for hydroxylation is 2. The normalized spacial score (nSPS) is 11.1. The number of nitrogens with one attached hydrogen (secondary N) is 1. The van der Waals surface area contributed by atoms with E-state index in [0.29, 0.717) is 22.5 Å². The number of hydrogen-bond acceptors (Lipinski definition) is 5. The molecule has 7 nitrogen and oxygen atoms in total. The van der Waals surface area contributed by atoms with Crippen molar-refractivity contribution in [1.82, 2.24) is 15.0 Å². The van der Waals surface area contributed by atoms with Crippen molar-refractivity contribution in [2.45, 2.75) is 27.7 Å². The summed E-state index contributed by atoms with van der Waals surface area (Å²) in [5.74, 6) is -0.00588. The number of ether oxygens (including phenoxy) is 1. The third-order valence-corrected chi connectivity index (χ3v) is 6.53. The van der Waals surface area contributed by atoms with Crippen molar-refractivity contribution in [3.8, 4) is 11.4 Å². The molecule has 0 aliphatic heterocycles. The fraction of sp³-hybridized carbons (Fsp3) is 0.269. The minimum Gasteiger partial charge on any atom is -0.494 e. The van der Waals surface area contributed by atoms with Crippen molar-refractivity contribution in [2.75, 3.05) is 30.4 Å². The molecule has 0 spiro atoms. The first-order chi connectivity index (χ1) is 16.7. The predicted octanol–water partition coefficient (Wildman–Crippen LogP) is 6.45. The second kappa shape index (κ2) is 10.1. The van der Waals surface area contributed by atoms with E-state index in [2.05, 4.69) is 53.3 Å². The van der Waals surface area contributed by atoms with Crippen LogP contribution in [0.15, 0.2) is 42.5 Å². The number of aromatic nitrogens is 3. The highest BCUT2D eigenvalue weighted by molar-refractivity contribution is 6.37. The summed E-state index contributed by atoms with van der Waals surface area (Å²) in [4.78, 5) is 16.8. The molecule has 1 amide bonds. The van der Waals surface area contributed by atoms with Gasteiger partial charge in [0.1, 0.15) is 11.0 Å². The van der Waals surface area contributed by atoms with Crippen molar-refractivity contribution in [3.63, 3.8) is 0 Å². The minimum absolute atomic E-state index is 0.266. The van der Waals surface area contributed by atoms with E-state index in [9.17, 15) is 4.79 Å². The zero-order chi connectivity index (χ0) is 25.3. The van der Waals surface area contributed by atoms with Gasteiger partial charge in [0.05, 0.1) is 22.8 Å². The molecule has 4 rings (SSSR count). The average Bonchev–Trinajstić information content (AvgIpc) is 3.22. The molecule has 4 aromatic rings. The van der Waals surface area contributed by atoms with Gasteiger partial charge in [0.2, 0.25) is 0 Å². The van der Waals surface area contributed by atoms with Crippen molar-refractivity contribution in [2.24, 2.45) is 0 Å². The molecular weight excluding hydrogens is 485 g/mol. The van der Waals surface area contributed by atoms with E-state index in [0.717, 1.165) is 35.4 Å². The molecule has 0 unspecified atom stereocenters. The number of carbonyl (C=O) groups excluding carboxylic acids is 1. The van der Waals surface area contributed by atoms with Crippen molar-refractivity contribution >= 4 is 51.5 Å². The molecule has 0 saturated heterocycles. The zero-order valence-corrected chi connectivity index (χ0v) is 21.8. The first-order valence-corrected chi connectivity index (χ1v) is 12.1. The van der Waals surface area contributed by atoms with Crippen LogP contribution in [0.5, 0.6) is 5.75 Å². The van der Waals surface area contributed by atoms with E-state index in [1.165, 1.54) is 24.9 Å². The molecule has 0 saturated carbocycles. The number of hydrogen-bond donors (Lipinski definition) is 1. The van der Waals surface area contributed by atoms with Gasteiger partial charge in [-0.15, -0.1) is 10.2 Å². The number of fused-ring (bicyclic) bond motifs is 1. The quantitative estimate of drug-likeness (QED) is 0.308. The van der Waals surface area contributed by atoms with Crippen LogP contribution < -0.4 is 15.0 Å². The highest BCUT2D eigenvalue weighted by Gasteiger charge is 2.16. The summed E-state index contributed by atoms with van der Waals surface area (Å²) in [5, 5.41) is 12.8. The maximum absolute atomic E-state index is 12.9. The minimum atomic E-state index is -0.339. The lowest BCUT2D eigenvalue weighted by atomic mass is 10.1. The van der Waals surface area contributed by atoms with Gasteiger partial charge in [-0.25, -0.2) is 0 Å². The number of rotatable bonds is 7. The largest absolute Gasteiger partial charge is 0.494 e. The second-order valence-corrected chi connectivity index (χ2v) is 9.03. The summed E-state index contributed by atoms with van der Waals surface area (Å²) in [7, 11) is 1.47. The molecule has 1 aromatic heterocycles. The average molecular weight is 512 g/mol. The van der Waals surface area contributed by atoms with Crippen LogP contribution in [0, 0.1) is 13.8 Å². The Morgan fingerprint density at radius 3 is 2.17 bits per heavy atom. The number of anilines is 2. The second-order valence-electron chi connectivity index (χ2n) is 8.22. The number of amides is 1. The first kappa shape index (κ1) is 24.8. The van der Waals surface area contributed by atoms with Crippen LogP contribution in [0.25, 0.3) is 16.7 Å². The Morgan fingerprint density at radius 1 is 0.971 bits per heavy atom. The van der Waals surface area contributed by atoms with Crippen LogP contribution in [0.3, 0.4) is 0 Å². The van der Waals surface area contributed by atoms with Crippen LogP contribution in [0.1, 0.15) is 35.3 Å². The van der Waals surface area contributed by atoms with Gasteiger partial charge in [0.15, 0.2) is 5.75 Å². The Balaban J connectivity index is 1.64. The van der Waals surface area contributed by atoms with Gasteiger partial charge in [-0.1, -0.05) is 23.2 Å². The number of carbonyl (C=O) groups is 1. The maximum atomic E-state index is 12.9. The van der Waals surface area contributed by atoms with Gasteiger partial charge in [-0.2, -0.15) is 4.80 Å². The monoisotopic (exact) mass is 511 g/mol. The van der Waals surface area contributed by atoms with Crippen LogP contribution in [0.2, 0.25) is 10.0 Å². The summed E-state index contributed by atoms with van der Waals surface area (Å²) in [6.45, 7) is 10.1. The molecule has 0 bridgehead atoms. The molecule has 35 heavy (non-hydrogen) atoms. The third-order valence-electron chi connectivity index (χ3n) is 5.96. The van der Waals surface area contributed by atoms with Crippen LogP contribution in [-0.2, 0) is 0 Å². The van der Waals surface area contributed by atoms with E-state index in [4.69, 9.17) is 27.9 Å². The molecule has 0 atom stereocenters. The molecular formula is C26H27Cl2N5O2. The van der Waals surface area contributed by atoms with E-state index in [1.807, 2.05) is 25.1 Å². The Morgan fingerprint density at radius 2 is 1.60 bits per heavy atom. The van der Waals surface area contributed by atoms with E-state index in [1.54, 1.807) is 4.80 Å². The van der Waals surface area contributed by atoms with Gasteiger partial charge in [0, 0.05) is 30.0 Å². The van der Waals surface area contributed by atoms with Crippen molar-refractivity contribution in [3.05, 3.63) is 69.2 Å². The number of methoxy groups -OCH3 is 1. The van der Waals surface area contributed by atoms with E-state index < -0.39 is 0 Å². The molecule has 1 N–H and O–H groups in total. The summed E-state index contributed by atoms with van der Waals surface area (Å²) in [5.41, 5.74) is 6.38. The Kier molecular flexibility index (Phi) is 7.19. The highest BCUT2D eigenvalue weighted by Crippen LogP contribution is 2.34.